The molecule has 202 valence electrons. The standard InChI is InChI=1S/C27H28ClFN8O2/c1-4-37-8-5-9-39-23-7-6-18(12-22(23)37)33-27-31-14-20(28)25(35-27)34-24-19(26(38)30-2)10-16(11-21(24)29)17-13-32-36(3)15-17/h6-7,10-15H,4-5,8-9H2,1-3H3,(H,30,38)(H2,31,33,34,35). The Balaban J connectivity index is 1.46. The summed E-state index contributed by atoms with van der Waals surface area (Å²) in [5.74, 6) is 0.0862. The van der Waals surface area contributed by atoms with Crippen molar-refractivity contribution in [2.45, 2.75) is 13.3 Å². The monoisotopic (exact) mass is 550 g/mol. The quantitative estimate of drug-likeness (QED) is 0.291. The van der Waals surface area contributed by atoms with Crippen LogP contribution in [0.2, 0.25) is 5.02 Å². The van der Waals surface area contributed by atoms with Gasteiger partial charge in [-0.15, -0.1) is 0 Å². The molecule has 39 heavy (non-hydrogen) atoms. The SMILES string of the molecule is CCN1CCCOc2ccc(Nc3ncc(Cl)c(Nc4c(F)cc(-c5cnn(C)c5)cc4C(=O)NC)n3)cc21. The molecule has 1 aliphatic heterocycles. The number of carbonyl (C=O) groups is 1. The predicted octanol–water partition coefficient (Wildman–Crippen LogP) is 5.13. The summed E-state index contributed by atoms with van der Waals surface area (Å²) in [6.45, 7) is 4.52. The Morgan fingerprint density at radius 3 is 2.77 bits per heavy atom. The number of fused-ring (bicyclic) bond motifs is 1. The topological polar surface area (TPSA) is 109 Å². The van der Waals surface area contributed by atoms with Crippen LogP contribution in [0.3, 0.4) is 0 Å². The molecule has 0 spiro atoms. The summed E-state index contributed by atoms with van der Waals surface area (Å²) in [5.41, 5.74) is 2.95. The molecule has 0 atom stereocenters. The number of anilines is 5. The zero-order valence-corrected chi connectivity index (χ0v) is 22.5. The lowest BCUT2D eigenvalue weighted by molar-refractivity contribution is 0.0963. The third-order valence-corrected chi connectivity index (χ3v) is 6.63. The van der Waals surface area contributed by atoms with E-state index in [0.717, 1.165) is 36.6 Å². The fourth-order valence-electron chi connectivity index (χ4n) is 4.40. The van der Waals surface area contributed by atoms with Gasteiger partial charge in [0.1, 0.15) is 16.6 Å². The average Bonchev–Trinajstić information content (AvgIpc) is 3.27. The maximum atomic E-state index is 15.4. The number of hydrogen-bond donors (Lipinski definition) is 3. The Bertz CT molecular complexity index is 1530. The van der Waals surface area contributed by atoms with Gasteiger partial charge in [-0.3, -0.25) is 9.48 Å². The third kappa shape index (κ3) is 5.58. The van der Waals surface area contributed by atoms with Gasteiger partial charge in [0.15, 0.2) is 5.82 Å². The average molecular weight is 551 g/mol. The van der Waals surface area contributed by atoms with Crippen LogP contribution in [0, 0.1) is 5.82 Å². The van der Waals surface area contributed by atoms with Crippen LogP contribution in [0.25, 0.3) is 11.1 Å². The van der Waals surface area contributed by atoms with Crippen molar-refractivity contribution in [2.24, 2.45) is 7.05 Å². The first-order chi connectivity index (χ1) is 18.9. The fourth-order valence-corrected chi connectivity index (χ4v) is 4.54. The Labute approximate surface area is 230 Å². The molecule has 10 nitrogen and oxygen atoms in total. The van der Waals surface area contributed by atoms with Crippen molar-refractivity contribution in [1.82, 2.24) is 25.1 Å². The van der Waals surface area contributed by atoms with Crippen molar-refractivity contribution in [1.29, 1.82) is 0 Å². The van der Waals surface area contributed by atoms with Crippen molar-refractivity contribution in [3.63, 3.8) is 0 Å². The van der Waals surface area contributed by atoms with Gasteiger partial charge < -0.3 is 25.6 Å². The van der Waals surface area contributed by atoms with Crippen LogP contribution in [0.15, 0.2) is 48.9 Å². The van der Waals surface area contributed by atoms with Gasteiger partial charge in [-0.25, -0.2) is 9.37 Å². The second-order valence-electron chi connectivity index (χ2n) is 8.97. The van der Waals surface area contributed by atoms with Crippen LogP contribution < -0.4 is 25.6 Å². The number of amides is 1. The molecule has 4 aromatic rings. The third-order valence-electron chi connectivity index (χ3n) is 6.36. The zero-order valence-electron chi connectivity index (χ0n) is 21.8. The molecule has 0 aliphatic carbocycles. The Kier molecular flexibility index (Phi) is 7.51. The van der Waals surface area contributed by atoms with Crippen molar-refractivity contribution in [3.8, 4) is 16.9 Å². The maximum Gasteiger partial charge on any atom is 0.253 e. The summed E-state index contributed by atoms with van der Waals surface area (Å²) < 4.78 is 22.9. The number of nitrogens with one attached hydrogen (secondary N) is 3. The molecule has 0 bridgehead atoms. The van der Waals surface area contributed by atoms with E-state index in [0.29, 0.717) is 17.7 Å². The van der Waals surface area contributed by atoms with E-state index in [9.17, 15) is 4.79 Å². The van der Waals surface area contributed by atoms with E-state index in [2.05, 4.69) is 42.8 Å². The summed E-state index contributed by atoms with van der Waals surface area (Å²) in [7, 11) is 3.24. The minimum atomic E-state index is -0.649. The number of benzene rings is 2. The van der Waals surface area contributed by atoms with Gasteiger partial charge in [0.05, 0.1) is 35.9 Å². The molecule has 2 aromatic carbocycles. The van der Waals surface area contributed by atoms with Crippen LogP contribution in [0.1, 0.15) is 23.7 Å². The van der Waals surface area contributed by atoms with Crippen molar-refractivity contribution < 1.29 is 13.9 Å². The van der Waals surface area contributed by atoms with Gasteiger partial charge in [-0.05, 0) is 49.2 Å². The first kappa shape index (κ1) is 26.2. The molecule has 3 heterocycles. The van der Waals surface area contributed by atoms with Gasteiger partial charge in [-0.1, -0.05) is 11.6 Å². The molecular formula is C27H28ClFN8O2. The second kappa shape index (κ2) is 11.2. The van der Waals surface area contributed by atoms with Gasteiger partial charge in [0, 0.05) is 44.6 Å². The number of aromatic nitrogens is 4. The lowest BCUT2D eigenvalue weighted by Crippen LogP contribution is -2.23. The van der Waals surface area contributed by atoms with Gasteiger partial charge in [0.2, 0.25) is 5.95 Å². The highest BCUT2D eigenvalue weighted by Gasteiger charge is 2.20. The van der Waals surface area contributed by atoms with E-state index in [4.69, 9.17) is 16.3 Å². The van der Waals surface area contributed by atoms with Crippen molar-refractivity contribution in [3.05, 3.63) is 65.3 Å². The van der Waals surface area contributed by atoms with E-state index >= 15 is 4.39 Å². The minimum absolute atomic E-state index is 0.0608. The molecule has 2 aromatic heterocycles. The molecule has 0 radical (unpaired) electrons. The maximum absolute atomic E-state index is 15.4. The van der Waals surface area contributed by atoms with Crippen LogP contribution in [-0.2, 0) is 7.05 Å². The molecule has 0 saturated carbocycles. The number of halogens is 2. The molecule has 12 heteroatoms. The number of carbonyl (C=O) groups excluding carboxylic acids is 1. The number of nitrogens with zero attached hydrogens (tertiary/aromatic N) is 5. The van der Waals surface area contributed by atoms with E-state index in [1.54, 1.807) is 30.2 Å². The second-order valence-corrected chi connectivity index (χ2v) is 9.37. The smallest absolute Gasteiger partial charge is 0.253 e. The number of ether oxygens (including phenoxy) is 1. The molecule has 3 N–H and O–H groups in total. The predicted molar refractivity (Wildman–Crippen MR) is 150 cm³/mol. The van der Waals surface area contributed by atoms with Crippen LogP contribution in [0.5, 0.6) is 5.75 Å². The number of rotatable bonds is 7. The molecular weight excluding hydrogens is 523 g/mol. The van der Waals surface area contributed by atoms with Crippen LogP contribution in [-0.4, -0.2) is 52.4 Å². The van der Waals surface area contributed by atoms with Crippen LogP contribution >= 0.6 is 11.6 Å². The summed E-state index contributed by atoms with van der Waals surface area (Å²) in [5, 5.41) is 12.9. The minimum Gasteiger partial charge on any atom is -0.491 e. The summed E-state index contributed by atoms with van der Waals surface area (Å²) in [4.78, 5) is 23.7. The Hall–Kier alpha value is -4.38. The Morgan fingerprint density at radius 1 is 1.18 bits per heavy atom. The lowest BCUT2D eigenvalue weighted by atomic mass is 10.0. The molecule has 0 unspecified atom stereocenters. The van der Waals surface area contributed by atoms with Gasteiger partial charge in [0.25, 0.3) is 5.91 Å². The van der Waals surface area contributed by atoms with Crippen molar-refractivity contribution >= 4 is 46.3 Å². The molecule has 1 amide bonds. The zero-order chi connectivity index (χ0) is 27.5. The first-order valence-corrected chi connectivity index (χ1v) is 12.9. The van der Waals surface area contributed by atoms with Gasteiger partial charge >= 0.3 is 0 Å². The molecule has 0 fully saturated rings. The van der Waals surface area contributed by atoms with E-state index < -0.39 is 11.7 Å². The van der Waals surface area contributed by atoms with Crippen molar-refractivity contribution in [2.75, 3.05) is 42.3 Å². The number of hydrogen-bond acceptors (Lipinski definition) is 8. The first-order valence-electron chi connectivity index (χ1n) is 12.5. The highest BCUT2D eigenvalue weighted by Crippen LogP contribution is 2.35. The van der Waals surface area contributed by atoms with E-state index in [-0.39, 0.29) is 28.0 Å². The summed E-state index contributed by atoms with van der Waals surface area (Å²) in [6.07, 6.45) is 5.69. The van der Waals surface area contributed by atoms with Gasteiger partial charge in [-0.2, -0.15) is 10.1 Å². The molecule has 5 rings (SSSR count). The highest BCUT2D eigenvalue weighted by atomic mass is 35.5. The fraction of sp³-hybridized carbons (Fsp3) is 0.259. The largest absolute Gasteiger partial charge is 0.491 e. The van der Waals surface area contributed by atoms with E-state index in [1.165, 1.54) is 19.3 Å². The lowest BCUT2D eigenvalue weighted by Gasteiger charge is -2.22. The molecule has 0 saturated heterocycles. The summed E-state index contributed by atoms with van der Waals surface area (Å²) in [6, 6.07) is 8.69. The number of aryl methyl sites for hydroxylation is 1. The Morgan fingerprint density at radius 2 is 2.03 bits per heavy atom. The van der Waals surface area contributed by atoms with E-state index in [1.807, 2.05) is 18.2 Å². The summed E-state index contributed by atoms with van der Waals surface area (Å²) >= 11 is 6.38. The highest BCUT2D eigenvalue weighted by molar-refractivity contribution is 6.33. The normalized spacial score (nSPS) is 12.8. The van der Waals surface area contributed by atoms with Crippen LogP contribution in [0.4, 0.5) is 33.2 Å². The molecule has 1 aliphatic rings.